The second-order valence-corrected chi connectivity index (χ2v) is 16.3. The molecule has 3 fully saturated rings. The summed E-state index contributed by atoms with van der Waals surface area (Å²) in [6.45, 7) is 3.32. The second-order valence-electron chi connectivity index (χ2n) is 14.3. The van der Waals surface area contributed by atoms with E-state index < -0.39 is 74.4 Å². The molecular weight excluding hydrogens is 708 g/mol. The Balaban J connectivity index is 1.19. The summed E-state index contributed by atoms with van der Waals surface area (Å²) in [7, 11) is -3.91. The van der Waals surface area contributed by atoms with Crippen LogP contribution < -0.4 is 20.1 Å². The predicted octanol–water partition coefficient (Wildman–Crippen LogP) is 2.33. The lowest BCUT2D eigenvalue weighted by molar-refractivity contribution is -0.141. The quantitative estimate of drug-likeness (QED) is 0.300. The van der Waals surface area contributed by atoms with Crippen molar-refractivity contribution in [3.63, 3.8) is 0 Å². The van der Waals surface area contributed by atoms with E-state index in [2.05, 4.69) is 35.3 Å². The molecule has 1 aromatic carbocycles. The van der Waals surface area contributed by atoms with Crippen LogP contribution in [0.2, 0.25) is 0 Å². The molecule has 2 aromatic heterocycles. The molecule has 280 valence electrons. The fraction of sp³-hybridized carbons (Fsp3) is 0.500. The van der Waals surface area contributed by atoms with Crippen LogP contribution >= 0.6 is 0 Å². The van der Waals surface area contributed by atoms with Crippen LogP contribution in [0.25, 0.3) is 11.0 Å². The number of benzene rings is 1. The molecule has 53 heavy (non-hydrogen) atoms. The Kier molecular flexibility index (Phi) is 9.86. The third-order valence-corrected chi connectivity index (χ3v) is 12.0. The number of amides is 4. The van der Waals surface area contributed by atoms with E-state index in [9.17, 15) is 32.0 Å². The van der Waals surface area contributed by atoms with Crippen LogP contribution in [0, 0.1) is 25.6 Å². The Bertz CT molecular complexity index is 2090. The minimum atomic E-state index is -3.91. The van der Waals surface area contributed by atoms with Gasteiger partial charge in [-0.1, -0.05) is 25.0 Å². The van der Waals surface area contributed by atoms with Gasteiger partial charge < -0.3 is 20.3 Å². The number of allylic oxidation sites excluding steroid dienone is 1. The van der Waals surface area contributed by atoms with Crippen LogP contribution in [0.4, 0.5) is 4.39 Å². The summed E-state index contributed by atoms with van der Waals surface area (Å²) in [4.78, 5) is 74.3. The van der Waals surface area contributed by atoms with E-state index in [0.29, 0.717) is 42.6 Å². The molecule has 1 saturated heterocycles. The summed E-state index contributed by atoms with van der Waals surface area (Å²) in [5.74, 6) is -3.50. The smallest absolute Gasteiger partial charge is 0.272 e. The summed E-state index contributed by atoms with van der Waals surface area (Å²) in [6, 6.07) is 1.79. The van der Waals surface area contributed by atoms with Gasteiger partial charge in [0.05, 0.1) is 34.7 Å². The Morgan fingerprint density at radius 3 is 2.60 bits per heavy atom. The first kappa shape index (κ1) is 36.3. The molecule has 4 heterocycles. The van der Waals surface area contributed by atoms with Crippen LogP contribution in [0.3, 0.4) is 0 Å². The molecule has 7 rings (SSSR count). The van der Waals surface area contributed by atoms with E-state index in [0.717, 1.165) is 12.8 Å². The lowest BCUT2D eigenvalue weighted by Gasteiger charge is -2.29. The van der Waals surface area contributed by atoms with Crippen LogP contribution in [-0.2, 0) is 24.4 Å². The average Bonchev–Trinajstić information content (AvgIpc) is 4.04. The van der Waals surface area contributed by atoms with Crippen molar-refractivity contribution in [2.45, 2.75) is 101 Å². The van der Waals surface area contributed by atoms with Crippen molar-refractivity contribution >= 4 is 44.7 Å². The normalized spacial score (nSPS) is 27.0. The van der Waals surface area contributed by atoms with Crippen molar-refractivity contribution in [2.24, 2.45) is 5.92 Å². The van der Waals surface area contributed by atoms with Crippen molar-refractivity contribution in [3.8, 4) is 5.88 Å². The number of aryl methyl sites for hydroxylation is 2. The summed E-state index contributed by atoms with van der Waals surface area (Å²) >= 11 is 0. The number of fused-ring (bicyclic) bond motifs is 3. The molecule has 15 nitrogen and oxygen atoms in total. The van der Waals surface area contributed by atoms with E-state index in [1.54, 1.807) is 13.8 Å². The fourth-order valence-corrected chi connectivity index (χ4v) is 8.32. The first-order chi connectivity index (χ1) is 25.3. The van der Waals surface area contributed by atoms with Gasteiger partial charge in [-0.3, -0.25) is 28.9 Å². The summed E-state index contributed by atoms with van der Waals surface area (Å²) < 4.78 is 48.1. The maximum atomic E-state index is 14.5. The molecule has 2 aliphatic heterocycles. The van der Waals surface area contributed by atoms with Crippen molar-refractivity contribution in [1.82, 2.24) is 40.2 Å². The van der Waals surface area contributed by atoms with Gasteiger partial charge in [-0.2, -0.15) is 0 Å². The van der Waals surface area contributed by atoms with Gasteiger partial charge in [-0.05, 0) is 64.5 Å². The average molecular weight is 749 g/mol. The molecule has 4 amide bonds. The third-order valence-electron chi connectivity index (χ3n) is 10.2. The van der Waals surface area contributed by atoms with Crippen LogP contribution in [0.5, 0.6) is 5.88 Å². The monoisotopic (exact) mass is 748 g/mol. The fourth-order valence-electron chi connectivity index (χ4n) is 6.96. The minimum absolute atomic E-state index is 0.0250. The summed E-state index contributed by atoms with van der Waals surface area (Å²) in [6.07, 6.45) is 9.84. The summed E-state index contributed by atoms with van der Waals surface area (Å²) in [5, 5.41) is 4.98. The highest BCUT2D eigenvalue weighted by Gasteiger charge is 2.62. The first-order valence-corrected chi connectivity index (χ1v) is 19.4. The first-order valence-electron chi connectivity index (χ1n) is 17.9. The number of carbonyl (C=O) groups is 4. The highest BCUT2D eigenvalue weighted by atomic mass is 32.2. The molecule has 3 N–H and O–H groups in total. The predicted molar refractivity (Wildman–Crippen MR) is 188 cm³/mol. The number of hydrogen-bond donors (Lipinski definition) is 3. The highest BCUT2D eigenvalue weighted by Crippen LogP contribution is 2.46. The molecule has 4 aliphatic rings. The van der Waals surface area contributed by atoms with Gasteiger partial charge in [0.2, 0.25) is 27.7 Å². The number of hydrogen-bond acceptors (Lipinski definition) is 11. The molecular formula is C36H41FN8O7S. The number of carbonyl (C=O) groups excluding carboxylic acids is 4. The highest BCUT2D eigenvalue weighted by molar-refractivity contribution is 7.91. The molecule has 5 atom stereocenters. The Morgan fingerprint density at radius 2 is 1.85 bits per heavy atom. The van der Waals surface area contributed by atoms with Gasteiger partial charge in [0.1, 0.15) is 40.9 Å². The maximum Gasteiger partial charge on any atom is 0.272 e. The van der Waals surface area contributed by atoms with E-state index in [-0.39, 0.29) is 42.9 Å². The molecule has 5 unspecified atom stereocenters. The molecule has 17 heteroatoms. The maximum absolute atomic E-state index is 14.5. The molecule has 2 aliphatic carbocycles. The minimum Gasteiger partial charge on any atom is -0.471 e. The SMILES string of the molecule is Cc1cnc(C(=O)NC2CCCCC/C=C\C3CC3(C(=O)NS(=O)(=O)C3CC3)NC(=O)C3CC(Oc4nc5cc(F)ccc5nc4C)CN3C2=O)cn1. The lowest BCUT2D eigenvalue weighted by atomic mass is 10.0. The third kappa shape index (κ3) is 7.84. The van der Waals surface area contributed by atoms with Crippen LogP contribution in [-0.4, -0.2) is 92.4 Å². The van der Waals surface area contributed by atoms with E-state index in [4.69, 9.17) is 4.74 Å². The Labute approximate surface area is 305 Å². The van der Waals surface area contributed by atoms with Crippen molar-refractivity contribution < 1.29 is 36.7 Å². The topological polar surface area (TPSA) is 203 Å². The molecule has 0 radical (unpaired) electrons. The van der Waals surface area contributed by atoms with Crippen molar-refractivity contribution in [3.05, 3.63) is 65.6 Å². The molecule has 3 aromatic rings. The van der Waals surface area contributed by atoms with Crippen molar-refractivity contribution in [1.29, 1.82) is 0 Å². The van der Waals surface area contributed by atoms with Crippen LogP contribution in [0.15, 0.2) is 42.7 Å². The van der Waals surface area contributed by atoms with E-state index in [1.807, 2.05) is 12.2 Å². The Morgan fingerprint density at radius 1 is 1.04 bits per heavy atom. The standard InChI is InChI=1S/C36H41FN8O7S/c1-20-17-39-29(18-38-20)31(46)41-27-9-7-5-3-4-6-8-22-16-36(22,35(49)44-53(50,51)25-11-12-25)43-32(47)30-15-24(19-45(30)34(27)48)52-33-21(2)40-26-13-10-23(37)14-28(26)42-33/h6,8,10,13-14,17-18,22,24-25,27,30H,3-5,7,9,11-12,15-16,19H2,1-2H3,(H,41,46)(H,43,47)(H,44,49)/b8-6-. The number of nitrogens with zero attached hydrogens (tertiary/aromatic N) is 5. The number of rotatable bonds is 7. The number of aromatic nitrogens is 4. The summed E-state index contributed by atoms with van der Waals surface area (Å²) in [5.41, 5.74) is 0.235. The zero-order chi connectivity index (χ0) is 37.5. The van der Waals surface area contributed by atoms with Crippen molar-refractivity contribution in [2.75, 3.05) is 6.54 Å². The van der Waals surface area contributed by atoms with Gasteiger partial charge in [0.25, 0.3) is 11.8 Å². The van der Waals surface area contributed by atoms with Gasteiger partial charge in [-0.15, -0.1) is 0 Å². The second kappa shape index (κ2) is 14.4. The van der Waals surface area contributed by atoms with E-state index >= 15 is 0 Å². The van der Waals surface area contributed by atoms with Gasteiger partial charge in [-0.25, -0.2) is 27.8 Å². The molecule has 0 spiro atoms. The number of nitrogens with one attached hydrogen (secondary N) is 3. The number of sulfonamides is 1. The molecule has 2 saturated carbocycles. The number of halogens is 1. The largest absolute Gasteiger partial charge is 0.471 e. The van der Waals surface area contributed by atoms with Crippen LogP contribution in [0.1, 0.15) is 79.7 Å². The zero-order valence-electron chi connectivity index (χ0n) is 29.4. The lowest BCUT2D eigenvalue weighted by Crippen LogP contribution is -2.58. The molecule has 0 bridgehead atoms. The van der Waals surface area contributed by atoms with Gasteiger partial charge in [0, 0.05) is 24.6 Å². The van der Waals surface area contributed by atoms with Gasteiger partial charge >= 0.3 is 0 Å². The van der Waals surface area contributed by atoms with E-state index in [1.165, 1.54) is 35.5 Å². The zero-order valence-corrected chi connectivity index (χ0v) is 30.2. The van der Waals surface area contributed by atoms with Gasteiger partial charge in [0.15, 0.2) is 0 Å². The number of ether oxygens (including phenoxy) is 1. The Hall–Kier alpha value is -5.06.